The highest BCUT2D eigenvalue weighted by molar-refractivity contribution is 6.38. The summed E-state index contributed by atoms with van der Waals surface area (Å²) >= 11 is 13.3. The van der Waals surface area contributed by atoms with Gasteiger partial charge in [0.25, 0.3) is 0 Å². The molecule has 6 nitrogen and oxygen atoms in total. The number of phenols is 1. The number of carbonyl (C=O) groups excluding carboxylic acids is 1. The number of hydrogen-bond acceptors (Lipinski definition) is 5. The molecule has 31 heavy (non-hydrogen) atoms. The molecule has 2 heterocycles. The number of phenolic OH excluding ortho intramolecular Hbond substituents is 1. The lowest BCUT2D eigenvalue weighted by Crippen LogP contribution is -2.55. The zero-order chi connectivity index (χ0) is 22.1. The van der Waals surface area contributed by atoms with Gasteiger partial charge in [0, 0.05) is 50.0 Å². The maximum atomic E-state index is 12.1. The molecule has 0 radical (unpaired) electrons. The van der Waals surface area contributed by atoms with E-state index in [1.165, 1.54) is 6.08 Å². The minimum absolute atomic E-state index is 0.0383. The van der Waals surface area contributed by atoms with E-state index < -0.39 is 0 Å². The number of carbonyl (C=O) groups is 1. The van der Waals surface area contributed by atoms with E-state index in [4.69, 9.17) is 32.7 Å². The maximum Gasteiger partial charge on any atom is 0.246 e. The molecule has 1 fully saturated rings. The summed E-state index contributed by atoms with van der Waals surface area (Å²) in [4.78, 5) is 16.2. The second-order valence-electron chi connectivity index (χ2n) is 7.70. The van der Waals surface area contributed by atoms with Crippen LogP contribution in [0, 0.1) is 0 Å². The highest BCUT2D eigenvalue weighted by atomic mass is 35.5. The van der Waals surface area contributed by atoms with Crippen LogP contribution in [-0.4, -0.2) is 60.2 Å². The molecule has 1 N–H and O–H groups in total. The number of hydrogen-bond donors (Lipinski definition) is 1. The first-order chi connectivity index (χ1) is 14.9. The average Bonchev–Trinajstić information content (AvgIpc) is 2.94. The van der Waals surface area contributed by atoms with Crippen LogP contribution in [0.25, 0.3) is 11.1 Å². The number of benzene rings is 2. The zero-order valence-corrected chi connectivity index (χ0v) is 18.7. The van der Waals surface area contributed by atoms with E-state index in [-0.39, 0.29) is 17.7 Å². The molecular formula is C23H24Cl2N2O4. The summed E-state index contributed by atoms with van der Waals surface area (Å²) in [6.07, 6.45) is 1.35. The van der Waals surface area contributed by atoms with Crippen molar-refractivity contribution in [3.05, 3.63) is 58.1 Å². The maximum absolute atomic E-state index is 12.1. The van der Waals surface area contributed by atoms with Crippen molar-refractivity contribution < 1.29 is 19.4 Å². The van der Waals surface area contributed by atoms with Crippen LogP contribution in [0.2, 0.25) is 10.0 Å². The Morgan fingerprint density at radius 1 is 1.35 bits per heavy atom. The molecule has 2 aliphatic rings. The highest BCUT2D eigenvalue weighted by Gasteiger charge is 2.34. The smallest absolute Gasteiger partial charge is 0.246 e. The quantitative estimate of drug-likeness (QED) is 0.692. The van der Waals surface area contributed by atoms with Crippen LogP contribution in [0.1, 0.15) is 11.1 Å². The van der Waals surface area contributed by atoms with E-state index >= 15 is 0 Å². The number of fused-ring (bicyclic) bond motifs is 2. The van der Waals surface area contributed by atoms with E-state index in [0.29, 0.717) is 59.8 Å². The van der Waals surface area contributed by atoms with Crippen LogP contribution in [0.5, 0.6) is 11.5 Å². The molecule has 0 aromatic heterocycles. The Morgan fingerprint density at radius 2 is 2.16 bits per heavy atom. The van der Waals surface area contributed by atoms with Crippen molar-refractivity contribution in [2.45, 2.75) is 19.2 Å². The molecule has 0 aliphatic carbocycles. The van der Waals surface area contributed by atoms with Crippen LogP contribution in [0.4, 0.5) is 0 Å². The summed E-state index contributed by atoms with van der Waals surface area (Å²) < 4.78 is 11.6. The number of methoxy groups -OCH3 is 1. The largest absolute Gasteiger partial charge is 0.507 e. The minimum atomic E-state index is -0.0710. The van der Waals surface area contributed by atoms with E-state index in [1.54, 1.807) is 30.2 Å². The second-order valence-corrected chi connectivity index (χ2v) is 8.49. The molecule has 1 saturated heterocycles. The molecule has 2 aromatic rings. The predicted molar refractivity (Wildman–Crippen MR) is 121 cm³/mol. The van der Waals surface area contributed by atoms with Crippen molar-refractivity contribution in [1.29, 1.82) is 0 Å². The van der Waals surface area contributed by atoms with Crippen molar-refractivity contribution in [3.8, 4) is 22.6 Å². The minimum Gasteiger partial charge on any atom is -0.507 e. The number of aromatic hydroxyl groups is 1. The Labute approximate surface area is 191 Å². The van der Waals surface area contributed by atoms with Gasteiger partial charge in [-0.3, -0.25) is 9.69 Å². The summed E-state index contributed by atoms with van der Waals surface area (Å²) in [6.45, 7) is 6.87. The van der Waals surface area contributed by atoms with Crippen molar-refractivity contribution in [3.63, 3.8) is 0 Å². The highest BCUT2D eigenvalue weighted by Crippen LogP contribution is 2.47. The first kappa shape index (κ1) is 22.0. The van der Waals surface area contributed by atoms with Crippen molar-refractivity contribution in [1.82, 2.24) is 9.80 Å². The van der Waals surface area contributed by atoms with Gasteiger partial charge in [0.15, 0.2) is 0 Å². The van der Waals surface area contributed by atoms with Gasteiger partial charge >= 0.3 is 0 Å². The third-order valence-corrected chi connectivity index (χ3v) is 6.48. The van der Waals surface area contributed by atoms with Crippen molar-refractivity contribution in [2.24, 2.45) is 0 Å². The molecule has 0 spiro atoms. The summed E-state index contributed by atoms with van der Waals surface area (Å²) in [7, 11) is 1.61. The fourth-order valence-electron chi connectivity index (χ4n) is 4.30. The molecule has 0 unspecified atom stereocenters. The Balaban J connectivity index is 1.76. The van der Waals surface area contributed by atoms with Gasteiger partial charge in [0.2, 0.25) is 5.91 Å². The number of nitrogens with zero attached hydrogens (tertiary/aromatic N) is 2. The number of halogens is 2. The molecule has 2 aliphatic heterocycles. The van der Waals surface area contributed by atoms with Gasteiger partial charge in [0.1, 0.15) is 18.1 Å². The molecule has 1 atom stereocenters. The molecule has 0 saturated carbocycles. The SMILES string of the molecule is C=CC(=O)N1CCN2Cc3cc(COC)c(-c4c(O)cccc4Cl)c(Cl)c3OC[C@H]2C1. The summed E-state index contributed by atoms with van der Waals surface area (Å²) in [6, 6.07) is 7.02. The van der Waals surface area contributed by atoms with Gasteiger partial charge in [-0.1, -0.05) is 35.8 Å². The van der Waals surface area contributed by atoms with Gasteiger partial charge in [-0.25, -0.2) is 0 Å². The molecular weight excluding hydrogens is 439 g/mol. The summed E-state index contributed by atoms with van der Waals surface area (Å²) in [5, 5.41) is 11.3. The number of amides is 1. The summed E-state index contributed by atoms with van der Waals surface area (Å²) in [5.74, 6) is 0.543. The molecule has 2 aromatic carbocycles. The monoisotopic (exact) mass is 462 g/mol. The van der Waals surface area contributed by atoms with Crippen LogP contribution in [0.3, 0.4) is 0 Å². The number of piperazine rings is 1. The topological polar surface area (TPSA) is 62.2 Å². The third-order valence-electron chi connectivity index (χ3n) is 5.81. The zero-order valence-electron chi connectivity index (χ0n) is 17.2. The average molecular weight is 463 g/mol. The second kappa shape index (κ2) is 9.09. The Hall–Kier alpha value is -2.25. The van der Waals surface area contributed by atoms with Gasteiger partial charge < -0.3 is 19.5 Å². The standard InChI is InChI=1S/C23H24Cl2N2O4/c1-3-19(29)27-8-7-26-10-14-9-15(12-30-2)20(21-17(24)5-4-6-18(21)28)22(25)23(14)31-13-16(26)11-27/h3-6,9,16,28H,1,7-8,10-13H2,2H3/t16-/m1/s1. The molecule has 4 rings (SSSR count). The van der Waals surface area contributed by atoms with E-state index in [2.05, 4.69) is 11.5 Å². The molecule has 164 valence electrons. The van der Waals surface area contributed by atoms with Crippen LogP contribution in [-0.2, 0) is 22.7 Å². The lowest BCUT2D eigenvalue weighted by atomic mass is 9.95. The lowest BCUT2D eigenvalue weighted by Gasteiger charge is -2.39. The van der Waals surface area contributed by atoms with Gasteiger partial charge in [-0.05, 0) is 29.8 Å². The molecule has 0 bridgehead atoms. The van der Waals surface area contributed by atoms with Gasteiger partial charge in [-0.15, -0.1) is 0 Å². The summed E-state index contributed by atoms with van der Waals surface area (Å²) in [5.41, 5.74) is 2.82. The Bertz CT molecular complexity index is 1010. The van der Waals surface area contributed by atoms with Crippen LogP contribution >= 0.6 is 23.2 Å². The van der Waals surface area contributed by atoms with Crippen LogP contribution in [0.15, 0.2) is 36.9 Å². The van der Waals surface area contributed by atoms with Crippen molar-refractivity contribution in [2.75, 3.05) is 33.4 Å². The first-order valence-corrected chi connectivity index (χ1v) is 10.8. The predicted octanol–water partition coefficient (Wildman–Crippen LogP) is 4.10. The third kappa shape index (κ3) is 4.13. The Morgan fingerprint density at radius 3 is 2.87 bits per heavy atom. The molecule has 1 amide bonds. The van der Waals surface area contributed by atoms with E-state index in [9.17, 15) is 9.90 Å². The fourth-order valence-corrected chi connectivity index (χ4v) is 4.96. The number of ether oxygens (including phenoxy) is 2. The Kier molecular flexibility index (Phi) is 6.44. The van der Waals surface area contributed by atoms with E-state index in [0.717, 1.165) is 17.7 Å². The normalized spacial score (nSPS) is 18.5. The lowest BCUT2D eigenvalue weighted by molar-refractivity contribution is -0.129. The van der Waals surface area contributed by atoms with Gasteiger partial charge in [-0.2, -0.15) is 0 Å². The number of rotatable bonds is 4. The fraction of sp³-hybridized carbons (Fsp3) is 0.348. The van der Waals surface area contributed by atoms with E-state index in [1.807, 2.05) is 6.07 Å². The first-order valence-electron chi connectivity index (χ1n) is 10.0. The molecule has 8 heteroatoms. The van der Waals surface area contributed by atoms with Crippen LogP contribution < -0.4 is 4.74 Å². The van der Waals surface area contributed by atoms with Crippen molar-refractivity contribution >= 4 is 29.1 Å². The van der Waals surface area contributed by atoms with Gasteiger partial charge in [0.05, 0.1) is 22.7 Å².